The zero-order chi connectivity index (χ0) is 30.0. The molecule has 2 aliphatic heterocycles. The monoisotopic (exact) mass is 558 g/mol. The first-order chi connectivity index (χ1) is 18.8. The highest BCUT2D eigenvalue weighted by atomic mass is 16.6. The first-order valence-corrected chi connectivity index (χ1v) is 14.6. The predicted octanol–water partition coefficient (Wildman–Crippen LogP) is 5.37. The highest BCUT2D eigenvalue weighted by Gasteiger charge is 2.45. The van der Waals surface area contributed by atoms with Gasteiger partial charge < -0.3 is 24.8 Å². The van der Waals surface area contributed by atoms with Crippen molar-refractivity contribution in [2.24, 2.45) is 23.7 Å². The number of aliphatic hydroxyl groups is 3. The molecule has 1 saturated heterocycles. The van der Waals surface area contributed by atoms with E-state index in [-0.39, 0.29) is 54.6 Å². The second-order valence-corrected chi connectivity index (χ2v) is 11.7. The van der Waals surface area contributed by atoms with E-state index in [2.05, 4.69) is 0 Å². The zero-order valence-corrected chi connectivity index (χ0v) is 25.2. The van der Waals surface area contributed by atoms with E-state index in [4.69, 9.17) is 9.47 Å². The van der Waals surface area contributed by atoms with E-state index in [1.165, 1.54) is 0 Å². The fourth-order valence-electron chi connectivity index (χ4n) is 5.39. The molecule has 0 aliphatic carbocycles. The summed E-state index contributed by atoms with van der Waals surface area (Å²) in [4.78, 5) is 24.8. The molecule has 40 heavy (non-hydrogen) atoms. The molecule has 2 aliphatic rings. The van der Waals surface area contributed by atoms with E-state index in [9.17, 15) is 24.9 Å². The standard InChI is InChI=1S/C33H50O7/c1-8-28-26(7)33(38,20-30(36)39-28)19-12-11-15-23(4)32-22(3)14-9-10-17-27(34)25(6)31(37)24(5)21(2)16-13-18-29(35)40-32/h9-12,14-17,22,24-28,31-32,34,37-38H,8,13,18-20H2,1-7H3/b12-11+,14-9-,17-10-,21-16+,23-15+/t22-,24+,25+,26-,27-,28-,31-,32-,33-/m0/s1. The second-order valence-electron chi connectivity index (χ2n) is 11.7. The maximum atomic E-state index is 12.8. The van der Waals surface area contributed by atoms with Gasteiger partial charge in [0, 0.05) is 30.1 Å². The van der Waals surface area contributed by atoms with Gasteiger partial charge in [-0.1, -0.05) is 88.8 Å². The van der Waals surface area contributed by atoms with E-state index < -0.39 is 23.9 Å². The Morgan fingerprint density at radius 3 is 2.42 bits per heavy atom. The van der Waals surface area contributed by atoms with Crippen molar-refractivity contribution < 1.29 is 34.4 Å². The number of rotatable bonds is 5. The Kier molecular flexibility index (Phi) is 13.1. The van der Waals surface area contributed by atoms with Crippen LogP contribution in [-0.2, 0) is 19.1 Å². The Morgan fingerprint density at radius 2 is 1.75 bits per heavy atom. The summed E-state index contributed by atoms with van der Waals surface area (Å²) in [5, 5.41) is 32.4. The summed E-state index contributed by atoms with van der Waals surface area (Å²) in [7, 11) is 0. The number of allylic oxidation sites excluding steroid dienone is 5. The Labute approximate surface area is 240 Å². The van der Waals surface area contributed by atoms with Crippen molar-refractivity contribution in [3.05, 3.63) is 59.8 Å². The molecule has 0 aromatic rings. The average Bonchev–Trinajstić information content (AvgIpc) is 2.91. The summed E-state index contributed by atoms with van der Waals surface area (Å²) in [5.41, 5.74) is 0.652. The van der Waals surface area contributed by atoms with Gasteiger partial charge in [-0.2, -0.15) is 0 Å². The Morgan fingerprint density at radius 1 is 1.07 bits per heavy atom. The van der Waals surface area contributed by atoms with Crippen LogP contribution in [0.4, 0.5) is 0 Å². The van der Waals surface area contributed by atoms with Crippen molar-refractivity contribution in [1.29, 1.82) is 0 Å². The Hall–Kier alpha value is -2.48. The summed E-state index contributed by atoms with van der Waals surface area (Å²) in [6.45, 7) is 13.4. The van der Waals surface area contributed by atoms with Crippen LogP contribution in [0.5, 0.6) is 0 Å². The maximum absolute atomic E-state index is 12.8. The summed E-state index contributed by atoms with van der Waals surface area (Å²) in [5.74, 6) is -1.52. The normalized spacial score (nSPS) is 40.1. The number of ether oxygens (including phenoxy) is 2. The molecule has 0 bridgehead atoms. The lowest BCUT2D eigenvalue weighted by Crippen LogP contribution is -2.50. The summed E-state index contributed by atoms with van der Waals surface area (Å²) in [6.07, 6.45) is 14.0. The molecule has 2 rings (SSSR count). The molecule has 2 heterocycles. The Balaban J connectivity index is 2.22. The van der Waals surface area contributed by atoms with Gasteiger partial charge >= 0.3 is 11.9 Å². The largest absolute Gasteiger partial charge is 0.462 e. The fraction of sp³-hybridized carbons (Fsp3) is 0.636. The molecule has 1 fully saturated rings. The fourth-order valence-corrected chi connectivity index (χ4v) is 5.39. The number of hydrogen-bond acceptors (Lipinski definition) is 7. The molecule has 0 saturated carbocycles. The van der Waals surface area contributed by atoms with Crippen LogP contribution in [0.1, 0.15) is 80.6 Å². The highest BCUT2D eigenvalue weighted by Crippen LogP contribution is 2.36. The van der Waals surface area contributed by atoms with Gasteiger partial charge in [-0.3, -0.25) is 9.59 Å². The van der Waals surface area contributed by atoms with Crippen LogP contribution in [0.15, 0.2) is 59.8 Å². The lowest BCUT2D eigenvalue weighted by molar-refractivity contribution is -0.182. The van der Waals surface area contributed by atoms with Crippen molar-refractivity contribution in [2.45, 2.75) is 111 Å². The van der Waals surface area contributed by atoms with Crippen molar-refractivity contribution in [3.63, 3.8) is 0 Å². The minimum Gasteiger partial charge on any atom is -0.462 e. The topological polar surface area (TPSA) is 113 Å². The smallest absolute Gasteiger partial charge is 0.309 e. The quantitative estimate of drug-likeness (QED) is 0.236. The number of hydrogen-bond donors (Lipinski definition) is 3. The first-order valence-electron chi connectivity index (χ1n) is 14.6. The van der Waals surface area contributed by atoms with Gasteiger partial charge in [-0.25, -0.2) is 0 Å². The van der Waals surface area contributed by atoms with Gasteiger partial charge in [0.1, 0.15) is 12.2 Å². The van der Waals surface area contributed by atoms with Gasteiger partial charge in [-0.05, 0) is 38.7 Å². The minimum atomic E-state index is -1.16. The zero-order valence-electron chi connectivity index (χ0n) is 25.2. The molecule has 0 amide bonds. The summed E-state index contributed by atoms with van der Waals surface area (Å²) in [6, 6.07) is 0. The van der Waals surface area contributed by atoms with Crippen molar-refractivity contribution >= 4 is 11.9 Å². The number of esters is 2. The van der Waals surface area contributed by atoms with E-state index in [0.717, 1.165) is 11.1 Å². The molecule has 9 atom stereocenters. The molecular formula is C33H50O7. The minimum absolute atomic E-state index is 0.0353. The number of aliphatic hydroxyl groups excluding tert-OH is 2. The third-order valence-electron chi connectivity index (χ3n) is 8.65. The van der Waals surface area contributed by atoms with Crippen LogP contribution in [0, 0.1) is 23.7 Å². The van der Waals surface area contributed by atoms with Crippen LogP contribution >= 0.6 is 0 Å². The van der Waals surface area contributed by atoms with Gasteiger partial charge in [-0.15, -0.1) is 0 Å². The van der Waals surface area contributed by atoms with E-state index in [1.807, 2.05) is 84.9 Å². The summed E-state index contributed by atoms with van der Waals surface area (Å²) < 4.78 is 11.3. The van der Waals surface area contributed by atoms with E-state index >= 15 is 0 Å². The van der Waals surface area contributed by atoms with Gasteiger partial charge in [0.15, 0.2) is 0 Å². The predicted molar refractivity (Wildman–Crippen MR) is 157 cm³/mol. The SMILES string of the molecule is CC[C@@H]1OC(=O)C[C@@](O)(C/C=C/C=C(\C)[C@H]2OC(=O)CC/C=C(\C)[C@@H](C)[C@H](O)[C@H](C)[C@@H](O)/C=C\C=C/[C@@H]2C)[C@H]1C. The number of carbonyl (C=O) groups is 2. The van der Waals surface area contributed by atoms with Crippen LogP contribution in [0.25, 0.3) is 0 Å². The van der Waals surface area contributed by atoms with Gasteiger partial charge in [0.05, 0.1) is 24.2 Å². The van der Waals surface area contributed by atoms with Gasteiger partial charge in [0.2, 0.25) is 0 Å². The molecule has 7 heteroatoms. The molecule has 3 N–H and O–H groups in total. The van der Waals surface area contributed by atoms with Crippen LogP contribution in [0.2, 0.25) is 0 Å². The molecule has 7 nitrogen and oxygen atoms in total. The third kappa shape index (κ3) is 9.28. The second kappa shape index (κ2) is 15.5. The van der Waals surface area contributed by atoms with Crippen LogP contribution in [0.3, 0.4) is 0 Å². The molecule has 0 unspecified atom stereocenters. The molecule has 0 radical (unpaired) electrons. The third-order valence-corrected chi connectivity index (χ3v) is 8.65. The van der Waals surface area contributed by atoms with Crippen molar-refractivity contribution in [1.82, 2.24) is 0 Å². The number of carbonyl (C=O) groups excluding carboxylic acids is 2. The average molecular weight is 559 g/mol. The van der Waals surface area contributed by atoms with Crippen LogP contribution < -0.4 is 0 Å². The van der Waals surface area contributed by atoms with E-state index in [0.29, 0.717) is 19.3 Å². The molecular weight excluding hydrogens is 508 g/mol. The first kappa shape index (κ1) is 33.7. The molecule has 0 spiro atoms. The van der Waals surface area contributed by atoms with Gasteiger partial charge in [0.25, 0.3) is 0 Å². The molecule has 0 aromatic heterocycles. The van der Waals surface area contributed by atoms with E-state index in [1.54, 1.807) is 12.2 Å². The number of cyclic esters (lactones) is 2. The lowest BCUT2D eigenvalue weighted by Gasteiger charge is -2.41. The highest BCUT2D eigenvalue weighted by molar-refractivity contribution is 5.72. The molecule has 0 aromatic carbocycles. The Bertz CT molecular complexity index is 1010. The lowest BCUT2D eigenvalue weighted by atomic mass is 9.77. The van der Waals surface area contributed by atoms with Crippen molar-refractivity contribution in [2.75, 3.05) is 0 Å². The van der Waals surface area contributed by atoms with Crippen LogP contribution in [-0.4, -0.2) is 57.3 Å². The maximum Gasteiger partial charge on any atom is 0.309 e. The summed E-state index contributed by atoms with van der Waals surface area (Å²) >= 11 is 0. The van der Waals surface area contributed by atoms with Crippen molar-refractivity contribution in [3.8, 4) is 0 Å². The molecule has 224 valence electrons.